The van der Waals surface area contributed by atoms with Gasteiger partial charge < -0.3 is 0 Å². The zero-order valence-corrected chi connectivity index (χ0v) is 7.07. The van der Waals surface area contributed by atoms with Crippen molar-refractivity contribution in [2.24, 2.45) is 5.10 Å². The van der Waals surface area contributed by atoms with Crippen LogP contribution in [0.1, 0.15) is 5.69 Å². The maximum absolute atomic E-state index is 4.16. The molecule has 1 radical (unpaired) electrons. The van der Waals surface area contributed by atoms with E-state index in [1.54, 1.807) is 6.08 Å². The predicted octanol–water partition coefficient (Wildman–Crippen LogP) is 1.05. The number of nitrogens with one attached hydrogen (secondary N) is 1. The average Bonchev–Trinajstić information content (AvgIpc) is 2.59. The lowest BCUT2D eigenvalue weighted by atomic mass is 10.4. The van der Waals surface area contributed by atoms with Crippen molar-refractivity contribution in [3.05, 3.63) is 24.0 Å². The summed E-state index contributed by atoms with van der Waals surface area (Å²) in [5.41, 5.74) is 0.972. The Hall–Kier alpha value is -1.42. The van der Waals surface area contributed by atoms with Gasteiger partial charge in [-0.05, 0) is 6.92 Å². The van der Waals surface area contributed by atoms with Crippen molar-refractivity contribution >= 4 is 12.0 Å². The molecule has 0 bridgehead atoms. The summed E-state index contributed by atoms with van der Waals surface area (Å²) in [7, 11) is 1.96. The largest absolute Gasteiger partial charge is 0.254 e. The monoisotopic (exact) mass is 162 g/mol. The van der Waals surface area contributed by atoms with E-state index in [0.717, 1.165) is 11.5 Å². The van der Waals surface area contributed by atoms with Crippen LogP contribution in [0.4, 0.5) is 5.82 Å². The fourth-order valence-corrected chi connectivity index (χ4v) is 1.14. The smallest absolute Gasteiger partial charge is 0.229 e. The Morgan fingerprint density at radius 2 is 2.42 bits per heavy atom. The molecule has 0 saturated carbocycles. The van der Waals surface area contributed by atoms with Gasteiger partial charge in [0.2, 0.25) is 0 Å². The van der Waals surface area contributed by atoms with Crippen molar-refractivity contribution in [3.63, 3.8) is 0 Å². The number of allylic oxidation sites excluding steroid dienone is 1. The van der Waals surface area contributed by atoms with Crippen LogP contribution in [-0.4, -0.2) is 23.5 Å². The molecule has 0 spiro atoms. The van der Waals surface area contributed by atoms with Gasteiger partial charge in [0.25, 0.3) is 5.82 Å². The zero-order valence-electron chi connectivity index (χ0n) is 7.07. The Kier molecular flexibility index (Phi) is 1.38. The summed E-state index contributed by atoms with van der Waals surface area (Å²) in [6, 6.07) is 1.97. The first-order valence-corrected chi connectivity index (χ1v) is 3.75. The minimum absolute atomic E-state index is 0.376. The third kappa shape index (κ3) is 0.967. The highest BCUT2D eigenvalue weighted by Crippen LogP contribution is 2.21. The Bertz CT molecular complexity index is 336. The summed E-state index contributed by atoms with van der Waals surface area (Å²) in [6.07, 6.45) is 6.53. The number of aromatic nitrogens is 2. The van der Waals surface area contributed by atoms with Crippen LogP contribution in [0.15, 0.2) is 23.4 Å². The van der Waals surface area contributed by atoms with E-state index in [0.29, 0.717) is 4.59 Å². The number of aromatic amines is 1. The molecule has 0 saturated heterocycles. The van der Waals surface area contributed by atoms with Gasteiger partial charge in [-0.15, -0.1) is 4.59 Å². The third-order valence-electron chi connectivity index (χ3n) is 1.88. The van der Waals surface area contributed by atoms with Gasteiger partial charge in [-0.25, -0.2) is 5.10 Å². The van der Waals surface area contributed by atoms with E-state index < -0.39 is 0 Å². The van der Waals surface area contributed by atoms with Crippen molar-refractivity contribution in [1.82, 2.24) is 14.8 Å². The van der Waals surface area contributed by atoms with Crippen LogP contribution in [0.5, 0.6) is 0 Å². The minimum atomic E-state index is 0.376. The second-order valence-corrected chi connectivity index (χ2v) is 2.97. The van der Waals surface area contributed by atoms with Crippen LogP contribution in [0.2, 0.25) is 0 Å². The molecule has 4 heteroatoms. The van der Waals surface area contributed by atoms with Gasteiger partial charge in [-0.3, -0.25) is 0 Å². The summed E-state index contributed by atoms with van der Waals surface area (Å²) in [4.78, 5) is 0. The van der Waals surface area contributed by atoms with Gasteiger partial charge in [0, 0.05) is 12.1 Å². The first kappa shape index (κ1) is 7.24. The van der Waals surface area contributed by atoms with Crippen LogP contribution >= 0.6 is 0 Å². The predicted molar refractivity (Wildman–Crippen MR) is 47.6 cm³/mol. The highest BCUT2D eigenvalue weighted by Gasteiger charge is 2.26. The molecule has 1 aliphatic rings. The number of nitrogens with zero attached hydrogens (tertiary/aromatic N) is 3. The first-order valence-electron chi connectivity index (χ1n) is 3.75. The molecule has 0 fully saturated rings. The molecule has 2 heterocycles. The van der Waals surface area contributed by atoms with Crippen LogP contribution in [0.25, 0.3) is 0 Å². The molecule has 4 nitrogen and oxygen atoms in total. The number of hydrogen-bond acceptors (Lipinski definition) is 2. The standard InChI is InChI=1S/C8H10N4/c1-7-6-8(11-10-7)12(2)5-3-4-9-12/h3,5-6H,1-2H3,(H,10,11)/q+1. The highest BCUT2D eigenvalue weighted by atomic mass is 15.6. The maximum atomic E-state index is 4.16. The molecule has 1 unspecified atom stereocenters. The fraction of sp³-hybridized carbons (Fsp3) is 0.250. The highest BCUT2D eigenvalue weighted by molar-refractivity contribution is 5.75. The van der Waals surface area contributed by atoms with Gasteiger partial charge in [0.15, 0.2) is 6.21 Å². The normalized spacial score (nSPS) is 26.8. The molecule has 12 heavy (non-hydrogen) atoms. The lowest BCUT2D eigenvalue weighted by Crippen LogP contribution is -2.30. The first-order chi connectivity index (χ1) is 5.71. The van der Waals surface area contributed by atoms with Gasteiger partial charge in [-0.2, -0.15) is 5.10 Å². The van der Waals surface area contributed by atoms with Crippen LogP contribution in [0, 0.1) is 6.92 Å². The van der Waals surface area contributed by atoms with E-state index in [1.807, 2.05) is 26.2 Å². The Labute approximate surface area is 70.8 Å². The minimum Gasteiger partial charge on any atom is -0.229 e. The molecule has 1 atom stereocenters. The van der Waals surface area contributed by atoms with Crippen molar-refractivity contribution in [3.8, 4) is 0 Å². The van der Waals surface area contributed by atoms with Gasteiger partial charge in [0.1, 0.15) is 13.2 Å². The molecule has 2 rings (SSSR count). The van der Waals surface area contributed by atoms with Crippen LogP contribution < -0.4 is 4.59 Å². The molecule has 1 aromatic rings. The fourth-order valence-electron chi connectivity index (χ4n) is 1.14. The number of H-pyrrole nitrogens is 1. The summed E-state index contributed by atoms with van der Waals surface area (Å²) in [6.45, 7) is 1.94. The molecule has 0 aromatic carbocycles. The number of rotatable bonds is 1. The molecular weight excluding hydrogens is 152 g/mol. The van der Waals surface area contributed by atoms with Gasteiger partial charge in [0.05, 0.1) is 5.69 Å². The lowest BCUT2D eigenvalue weighted by molar-refractivity contribution is 0.471. The van der Waals surface area contributed by atoms with Gasteiger partial charge >= 0.3 is 0 Å². The molecule has 1 N–H and O–H groups in total. The second-order valence-electron chi connectivity index (χ2n) is 2.97. The number of quaternary nitrogens is 1. The van der Waals surface area contributed by atoms with Crippen molar-refractivity contribution < 1.29 is 0 Å². The molecule has 61 valence electrons. The summed E-state index contributed by atoms with van der Waals surface area (Å²) in [5, 5.41) is 11.1. The van der Waals surface area contributed by atoms with Crippen LogP contribution in [0.3, 0.4) is 0 Å². The van der Waals surface area contributed by atoms with Crippen molar-refractivity contribution in [2.75, 3.05) is 7.05 Å². The third-order valence-corrected chi connectivity index (χ3v) is 1.88. The zero-order chi connectivity index (χ0) is 8.60. The summed E-state index contributed by atoms with van der Waals surface area (Å²) < 4.78 is 0.376. The van der Waals surface area contributed by atoms with E-state index in [4.69, 9.17) is 0 Å². The molecule has 1 aromatic heterocycles. The molecule has 0 aliphatic carbocycles. The topological polar surface area (TPSA) is 41.0 Å². The lowest BCUT2D eigenvalue weighted by Gasteiger charge is -2.15. The second kappa shape index (κ2) is 2.28. The Morgan fingerprint density at radius 3 is 2.92 bits per heavy atom. The average molecular weight is 162 g/mol. The summed E-state index contributed by atoms with van der Waals surface area (Å²) in [5.74, 6) is 0.953. The Morgan fingerprint density at radius 1 is 1.58 bits per heavy atom. The summed E-state index contributed by atoms with van der Waals surface area (Å²) >= 11 is 0. The molecule has 1 aliphatic heterocycles. The number of hydrogen-bond donors (Lipinski definition) is 1. The van der Waals surface area contributed by atoms with Gasteiger partial charge in [-0.1, -0.05) is 5.10 Å². The Balaban J connectivity index is 2.42. The van der Waals surface area contributed by atoms with E-state index >= 15 is 0 Å². The maximum Gasteiger partial charge on any atom is 0.254 e. The van der Waals surface area contributed by atoms with Crippen LogP contribution in [-0.2, 0) is 0 Å². The molecular formula is C8H10N4+. The number of aryl methyl sites for hydroxylation is 1. The van der Waals surface area contributed by atoms with Crippen molar-refractivity contribution in [1.29, 1.82) is 0 Å². The SMILES string of the molecule is Cc1cc([N+]2(C)C=C[C]=N2)[nH]n1. The molecule has 0 amide bonds. The van der Waals surface area contributed by atoms with E-state index in [2.05, 4.69) is 21.5 Å². The van der Waals surface area contributed by atoms with Crippen molar-refractivity contribution in [2.45, 2.75) is 6.92 Å². The van der Waals surface area contributed by atoms with E-state index in [1.165, 1.54) is 0 Å². The van der Waals surface area contributed by atoms with E-state index in [9.17, 15) is 0 Å². The van der Waals surface area contributed by atoms with E-state index in [-0.39, 0.29) is 0 Å². The quantitative estimate of drug-likeness (QED) is 0.616.